The summed E-state index contributed by atoms with van der Waals surface area (Å²) in [4.78, 5) is 14.5. The van der Waals surface area contributed by atoms with Crippen LogP contribution in [-0.4, -0.2) is 56.9 Å². The lowest BCUT2D eigenvalue weighted by Crippen LogP contribution is -2.47. The van der Waals surface area contributed by atoms with Gasteiger partial charge in [0.15, 0.2) is 0 Å². The van der Waals surface area contributed by atoms with Crippen LogP contribution in [0, 0.1) is 0 Å². The number of hydrogen-bond donors (Lipinski definition) is 2. The standard InChI is InChI=1S/C18H27N3O3/c1-23-16-5-6-17-14(12-16)11-15(13-24-17)20-18(22)19-7-4-10-21-8-2-3-9-21/h5-6,12,15H,2-4,7-11,13H2,1H3,(H2,19,20,22)/t15-/m0/s1. The van der Waals surface area contributed by atoms with Gasteiger partial charge >= 0.3 is 6.03 Å². The molecule has 0 saturated carbocycles. The molecule has 2 heterocycles. The second kappa shape index (κ2) is 8.24. The van der Waals surface area contributed by atoms with E-state index in [1.807, 2.05) is 18.2 Å². The molecule has 6 nitrogen and oxygen atoms in total. The zero-order valence-electron chi connectivity index (χ0n) is 14.3. The van der Waals surface area contributed by atoms with Gasteiger partial charge in [0.25, 0.3) is 0 Å². The van der Waals surface area contributed by atoms with Crippen LogP contribution in [0.3, 0.4) is 0 Å². The van der Waals surface area contributed by atoms with Gasteiger partial charge < -0.3 is 25.0 Å². The molecule has 0 spiro atoms. The number of carbonyl (C=O) groups is 1. The number of carbonyl (C=O) groups excluding carboxylic acids is 1. The SMILES string of the molecule is COc1ccc2c(c1)C[C@H](NC(=O)NCCCN1CCCC1)CO2. The van der Waals surface area contributed by atoms with Crippen LogP contribution < -0.4 is 20.1 Å². The van der Waals surface area contributed by atoms with E-state index in [0.717, 1.165) is 36.4 Å². The van der Waals surface area contributed by atoms with Crippen LogP contribution in [-0.2, 0) is 6.42 Å². The fourth-order valence-electron chi connectivity index (χ4n) is 3.34. The van der Waals surface area contributed by atoms with Crippen LogP contribution in [0.15, 0.2) is 18.2 Å². The normalized spacial score (nSPS) is 20.1. The lowest BCUT2D eigenvalue weighted by Gasteiger charge is -2.26. The number of urea groups is 1. The van der Waals surface area contributed by atoms with Crippen LogP contribution in [0.2, 0.25) is 0 Å². The molecule has 1 aromatic carbocycles. The Hall–Kier alpha value is -1.95. The number of methoxy groups -OCH3 is 1. The summed E-state index contributed by atoms with van der Waals surface area (Å²) in [7, 11) is 1.65. The number of amides is 2. The van der Waals surface area contributed by atoms with E-state index in [2.05, 4.69) is 15.5 Å². The Morgan fingerprint density at radius 3 is 3.00 bits per heavy atom. The average Bonchev–Trinajstić information content (AvgIpc) is 3.11. The third kappa shape index (κ3) is 4.54. The number of hydrogen-bond acceptors (Lipinski definition) is 4. The van der Waals surface area contributed by atoms with E-state index in [0.29, 0.717) is 13.2 Å². The van der Waals surface area contributed by atoms with Crippen LogP contribution in [0.4, 0.5) is 4.79 Å². The molecular formula is C18H27N3O3. The highest BCUT2D eigenvalue weighted by molar-refractivity contribution is 5.74. The molecular weight excluding hydrogens is 306 g/mol. The quantitative estimate of drug-likeness (QED) is 0.779. The van der Waals surface area contributed by atoms with Crippen molar-refractivity contribution in [1.82, 2.24) is 15.5 Å². The largest absolute Gasteiger partial charge is 0.497 e. The van der Waals surface area contributed by atoms with Crippen LogP contribution >= 0.6 is 0 Å². The third-order valence-electron chi connectivity index (χ3n) is 4.64. The van der Waals surface area contributed by atoms with Gasteiger partial charge in [0.05, 0.1) is 13.2 Å². The van der Waals surface area contributed by atoms with Gasteiger partial charge in [-0.05, 0) is 69.1 Å². The maximum Gasteiger partial charge on any atom is 0.315 e. The summed E-state index contributed by atoms with van der Waals surface area (Å²) in [6, 6.07) is 5.65. The summed E-state index contributed by atoms with van der Waals surface area (Å²) in [5, 5.41) is 5.94. The van der Waals surface area contributed by atoms with Crippen molar-refractivity contribution in [3.05, 3.63) is 23.8 Å². The first-order valence-electron chi connectivity index (χ1n) is 8.81. The summed E-state index contributed by atoms with van der Waals surface area (Å²) in [5.74, 6) is 1.68. The topological polar surface area (TPSA) is 62.8 Å². The number of rotatable bonds is 6. The number of nitrogens with one attached hydrogen (secondary N) is 2. The molecule has 2 aliphatic heterocycles. The predicted octanol–water partition coefficient (Wildman–Crippen LogP) is 1.78. The first-order valence-corrected chi connectivity index (χ1v) is 8.81. The molecule has 0 aliphatic carbocycles. The summed E-state index contributed by atoms with van der Waals surface area (Å²) in [6.45, 7) is 4.68. The van der Waals surface area contributed by atoms with Crippen molar-refractivity contribution in [2.75, 3.05) is 39.9 Å². The van der Waals surface area contributed by atoms with Gasteiger partial charge in [-0.25, -0.2) is 4.79 Å². The van der Waals surface area contributed by atoms with Gasteiger partial charge in [0, 0.05) is 6.54 Å². The van der Waals surface area contributed by atoms with E-state index in [1.165, 1.54) is 25.9 Å². The molecule has 2 amide bonds. The van der Waals surface area contributed by atoms with Crippen LogP contribution in [0.1, 0.15) is 24.8 Å². The van der Waals surface area contributed by atoms with E-state index < -0.39 is 0 Å². The fraction of sp³-hybridized carbons (Fsp3) is 0.611. The van der Waals surface area contributed by atoms with E-state index >= 15 is 0 Å². The molecule has 6 heteroatoms. The minimum absolute atomic E-state index is 0.0109. The summed E-state index contributed by atoms with van der Waals surface area (Å²) in [5.41, 5.74) is 1.07. The van der Waals surface area contributed by atoms with Gasteiger partial charge in [0.1, 0.15) is 18.1 Å². The second-order valence-corrected chi connectivity index (χ2v) is 6.49. The molecule has 132 valence electrons. The highest BCUT2D eigenvalue weighted by atomic mass is 16.5. The van der Waals surface area contributed by atoms with Crippen molar-refractivity contribution in [3.8, 4) is 11.5 Å². The Balaban J connectivity index is 1.38. The monoisotopic (exact) mass is 333 g/mol. The molecule has 0 aromatic heterocycles. The van der Waals surface area contributed by atoms with Gasteiger partial charge in [-0.15, -0.1) is 0 Å². The van der Waals surface area contributed by atoms with E-state index in [1.54, 1.807) is 7.11 Å². The van der Waals surface area contributed by atoms with Crippen molar-refractivity contribution in [1.29, 1.82) is 0 Å². The molecule has 0 bridgehead atoms. The molecule has 3 rings (SSSR count). The Labute approximate surface area is 143 Å². The number of fused-ring (bicyclic) bond motifs is 1. The Kier molecular flexibility index (Phi) is 5.80. The Bertz CT molecular complexity index is 558. The van der Waals surface area contributed by atoms with E-state index in [9.17, 15) is 4.79 Å². The summed E-state index contributed by atoms with van der Waals surface area (Å²) < 4.78 is 11.0. The van der Waals surface area contributed by atoms with Gasteiger partial charge in [-0.3, -0.25) is 0 Å². The number of likely N-dealkylation sites (tertiary alicyclic amines) is 1. The number of nitrogens with zero attached hydrogens (tertiary/aromatic N) is 1. The average molecular weight is 333 g/mol. The fourth-order valence-corrected chi connectivity index (χ4v) is 3.34. The molecule has 2 N–H and O–H groups in total. The Morgan fingerprint density at radius 1 is 1.38 bits per heavy atom. The maximum absolute atomic E-state index is 12.0. The van der Waals surface area contributed by atoms with Gasteiger partial charge in [-0.2, -0.15) is 0 Å². The van der Waals surface area contributed by atoms with Crippen molar-refractivity contribution in [2.24, 2.45) is 0 Å². The second-order valence-electron chi connectivity index (χ2n) is 6.49. The molecule has 0 radical (unpaired) electrons. The molecule has 1 saturated heterocycles. The van der Waals surface area contributed by atoms with Crippen LogP contribution in [0.5, 0.6) is 11.5 Å². The van der Waals surface area contributed by atoms with Gasteiger partial charge in [0.2, 0.25) is 0 Å². The van der Waals surface area contributed by atoms with E-state index in [-0.39, 0.29) is 12.1 Å². The van der Waals surface area contributed by atoms with Crippen molar-refractivity contribution >= 4 is 6.03 Å². The molecule has 24 heavy (non-hydrogen) atoms. The lowest BCUT2D eigenvalue weighted by atomic mass is 10.0. The van der Waals surface area contributed by atoms with Gasteiger partial charge in [-0.1, -0.05) is 0 Å². The molecule has 0 unspecified atom stereocenters. The van der Waals surface area contributed by atoms with E-state index in [4.69, 9.17) is 9.47 Å². The van der Waals surface area contributed by atoms with Crippen molar-refractivity contribution in [2.45, 2.75) is 31.7 Å². The maximum atomic E-state index is 12.0. The summed E-state index contributed by atoms with van der Waals surface area (Å²) >= 11 is 0. The molecule has 2 aliphatic rings. The van der Waals surface area contributed by atoms with Crippen LogP contribution in [0.25, 0.3) is 0 Å². The highest BCUT2D eigenvalue weighted by Gasteiger charge is 2.21. The molecule has 1 aromatic rings. The zero-order valence-corrected chi connectivity index (χ0v) is 14.3. The third-order valence-corrected chi connectivity index (χ3v) is 4.64. The minimum atomic E-state index is -0.114. The zero-order chi connectivity index (χ0) is 16.8. The minimum Gasteiger partial charge on any atom is -0.497 e. The summed E-state index contributed by atoms with van der Waals surface area (Å²) in [6.07, 6.45) is 4.37. The lowest BCUT2D eigenvalue weighted by molar-refractivity contribution is 0.213. The first kappa shape index (κ1) is 16.9. The van der Waals surface area contributed by atoms with Crippen molar-refractivity contribution < 1.29 is 14.3 Å². The molecule has 1 fully saturated rings. The first-order chi connectivity index (χ1) is 11.7. The molecule has 1 atom stereocenters. The highest BCUT2D eigenvalue weighted by Crippen LogP contribution is 2.28. The predicted molar refractivity (Wildman–Crippen MR) is 92.8 cm³/mol. The number of benzene rings is 1. The smallest absolute Gasteiger partial charge is 0.315 e. The Morgan fingerprint density at radius 2 is 2.21 bits per heavy atom. The number of ether oxygens (including phenoxy) is 2. The van der Waals surface area contributed by atoms with Crippen molar-refractivity contribution in [3.63, 3.8) is 0 Å².